The van der Waals surface area contributed by atoms with E-state index in [2.05, 4.69) is 10.1 Å². The Morgan fingerprint density at radius 2 is 2.10 bits per heavy atom. The lowest BCUT2D eigenvalue weighted by Gasteiger charge is -2.09. The first kappa shape index (κ1) is 12.2. The second-order valence-corrected chi connectivity index (χ2v) is 4.13. The standard InChI is InChI=1S/C14H11N3O3/c1-20-12-5-3-2-4-9(12)10-8-11(14(18)19)17-13(16-10)6-7-15-17/h2-8H,1H3,(H,18,19). The van der Waals surface area contributed by atoms with E-state index < -0.39 is 5.97 Å². The molecule has 0 bridgehead atoms. The summed E-state index contributed by atoms with van der Waals surface area (Å²) >= 11 is 0. The Morgan fingerprint density at radius 1 is 1.30 bits per heavy atom. The Labute approximate surface area is 114 Å². The minimum absolute atomic E-state index is 0.0564. The van der Waals surface area contributed by atoms with Crippen LogP contribution in [0.2, 0.25) is 0 Å². The molecule has 0 aliphatic heterocycles. The molecule has 0 aliphatic rings. The van der Waals surface area contributed by atoms with Gasteiger partial charge in [0.25, 0.3) is 0 Å². The number of ether oxygens (including phenoxy) is 1. The number of rotatable bonds is 3. The Bertz CT molecular complexity index is 795. The van der Waals surface area contributed by atoms with Gasteiger partial charge >= 0.3 is 5.97 Å². The van der Waals surface area contributed by atoms with E-state index in [1.54, 1.807) is 19.2 Å². The number of carbonyl (C=O) groups is 1. The van der Waals surface area contributed by atoms with Crippen LogP contribution in [0.3, 0.4) is 0 Å². The van der Waals surface area contributed by atoms with Crippen molar-refractivity contribution < 1.29 is 14.6 Å². The van der Waals surface area contributed by atoms with Gasteiger partial charge in [0.1, 0.15) is 5.75 Å². The third-order valence-electron chi connectivity index (χ3n) is 2.96. The third kappa shape index (κ3) is 1.87. The number of para-hydroxylation sites is 1. The molecular formula is C14H11N3O3. The van der Waals surface area contributed by atoms with Crippen molar-refractivity contribution in [2.45, 2.75) is 0 Å². The molecule has 0 spiro atoms. The van der Waals surface area contributed by atoms with Gasteiger partial charge in [0, 0.05) is 11.6 Å². The van der Waals surface area contributed by atoms with E-state index in [0.717, 1.165) is 5.56 Å². The SMILES string of the molecule is COc1ccccc1-c1cc(C(=O)O)n2nccc2n1. The van der Waals surface area contributed by atoms with Crippen molar-refractivity contribution in [1.29, 1.82) is 0 Å². The maximum absolute atomic E-state index is 11.3. The molecule has 0 radical (unpaired) electrons. The normalized spacial score (nSPS) is 10.7. The van der Waals surface area contributed by atoms with E-state index in [-0.39, 0.29) is 5.69 Å². The molecular weight excluding hydrogens is 258 g/mol. The van der Waals surface area contributed by atoms with Crippen molar-refractivity contribution in [3.8, 4) is 17.0 Å². The molecule has 6 heteroatoms. The average Bonchev–Trinajstić information content (AvgIpc) is 2.94. The maximum atomic E-state index is 11.3. The number of aromatic carboxylic acids is 1. The predicted octanol–water partition coefficient (Wildman–Crippen LogP) is 2.10. The molecule has 0 aliphatic carbocycles. The Morgan fingerprint density at radius 3 is 2.85 bits per heavy atom. The molecule has 3 rings (SSSR count). The molecule has 6 nitrogen and oxygen atoms in total. The Kier molecular flexibility index (Phi) is 2.83. The monoisotopic (exact) mass is 269 g/mol. The summed E-state index contributed by atoms with van der Waals surface area (Å²) in [4.78, 5) is 15.7. The third-order valence-corrected chi connectivity index (χ3v) is 2.96. The van der Waals surface area contributed by atoms with Crippen molar-refractivity contribution in [3.63, 3.8) is 0 Å². The molecule has 2 aromatic heterocycles. The van der Waals surface area contributed by atoms with E-state index in [4.69, 9.17) is 4.74 Å². The highest BCUT2D eigenvalue weighted by Gasteiger charge is 2.15. The molecule has 100 valence electrons. The van der Waals surface area contributed by atoms with Crippen molar-refractivity contribution in [3.05, 3.63) is 48.3 Å². The number of carboxylic acids is 1. The molecule has 20 heavy (non-hydrogen) atoms. The zero-order valence-electron chi connectivity index (χ0n) is 10.6. The van der Waals surface area contributed by atoms with Gasteiger partial charge in [-0.05, 0) is 18.2 Å². The van der Waals surface area contributed by atoms with Crippen LogP contribution in [0.1, 0.15) is 10.5 Å². The minimum Gasteiger partial charge on any atom is -0.496 e. The average molecular weight is 269 g/mol. The van der Waals surface area contributed by atoms with E-state index >= 15 is 0 Å². The van der Waals surface area contributed by atoms with Gasteiger partial charge in [-0.1, -0.05) is 12.1 Å². The second kappa shape index (κ2) is 4.65. The smallest absolute Gasteiger partial charge is 0.354 e. The van der Waals surface area contributed by atoms with Gasteiger partial charge in [-0.15, -0.1) is 0 Å². The van der Waals surface area contributed by atoms with Crippen LogP contribution in [-0.4, -0.2) is 32.8 Å². The number of hydrogen-bond donors (Lipinski definition) is 1. The number of hydrogen-bond acceptors (Lipinski definition) is 4. The number of fused-ring (bicyclic) bond motifs is 1. The van der Waals surface area contributed by atoms with Gasteiger partial charge in [0.05, 0.1) is 19.0 Å². The molecule has 2 heterocycles. The van der Waals surface area contributed by atoms with Crippen molar-refractivity contribution in [1.82, 2.24) is 14.6 Å². The summed E-state index contributed by atoms with van der Waals surface area (Å²) in [6, 6.07) is 10.5. The number of benzene rings is 1. The number of carboxylic acid groups (broad SMARTS) is 1. The molecule has 1 N–H and O–H groups in total. The van der Waals surface area contributed by atoms with Crippen LogP contribution in [0, 0.1) is 0 Å². The van der Waals surface area contributed by atoms with Gasteiger partial charge in [-0.2, -0.15) is 5.10 Å². The fourth-order valence-corrected chi connectivity index (χ4v) is 2.06. The van der Waals surface area contributed by atoms with Gasteiger partial charge in [0.2, 0.25) is 0 Å². The van der Waals surface area contributed by atoms with Gasteiger partial charge in [-0.3, -0.25) is 0 Å². The summed E-state index contributed by atoms with van der Waals surface area (Å²) in [5, 5.41) is 13.2. The van der Waals surface area contributed by atoms with E-state index in [0.29, 0.717) is 17.1 Å². The molecule has 0 amide bonds. The summed E-state index contributed by atoms with van der Waals surface area (Å²) < 4.78 is 6.58. The molecule has 3 aromatic rings. The maximum Gasteiger partial charge on any atom is 0.354 e. The zero-order valence-corrected chi connectivity index (χ0v) is 10.6. The largest absolute Gasteiger partial charge is 0.496 e. The van der Waals surface area contributed by atoms with Gasteiger partial charge < -0.3 is 9.84 Å². The van der Waals surface area contributed by atoms with Crippen LogP contribution >= 0.6 is 0 Å². The van der Waals surface area contributed by atoms with Crippen LogP contribution in [0.5, 0.6) is 5.75 Å². The van der Waals surface area contributed by atoms with Crippen molar-refractivity contribution >= 4 is 11.6 Å². The summed E-state index contributed by atoms with van der Waals surface area (Å²) in [6.45, 7) is 0. The summed E-state index contributed by atoms with van der Waals surface area (Å²) in [5.74, 6) is -0.419. The number of methoxy groups -OCH3 is 1. The van der Waals surface area contributed by atoms with E-state index in [1.807, 2.05) is 18.2 Å². The first-order valence-corrected chi connectivity index (χ1v) is 5.92. The highest BCUT2D eigenvalue weighted by molar-refractivity contribution is 5.88. The lowest BCUT2D eigenvalue weighted by Crippen LogP contribution is -2.08. The molecule has 0 atom stereocenters. The van der Waals surface area contributed by atoms with Gasteiger partial charge in [0.15, 0.2) is 11.3 Å². The topological polar surface area (TPSA) is 76.7 Å². The highest BCUT2D eigenvalue weighted by Crippen LogP contribution is 2.29. The van der Waals surface area contributed by atoms with E-state index in [1.165, 1.54) is 16.8 Å². The zero-order chi connectivity index (χ0) is 14.1. The lowest BCUT2D eigenvalue weighted by molar-refractivity contribution is 0.0687. The van der Waals surface area contributed by atoms with Crippen LogP contribution in [0.25, 0.3) is 16.9 Å². The molecule has 0 saturated carbocycles. The predicted molar refractivity (Wildman–Crippen MR) is 71.9 cm³/mol. The fraction of sp³-hybridized carbons (Fsp3) is 0.0714. The summed E-state index contributed by atoms with van der Waals surface area (Å²) in [7, 11) is 1.56. The molecule has 0 fully saturated rings. The Balaban J connectivity index is 2.29. The minimum atomic E-state index is -1.06. The summed E-state index contributed by atoms with van der Waals surface area (Å²) in [6.07, 6.45) is 1.51. The van der Waals surface area contributed by atoms with Gasteiger partial charge in [-0.25, -0.2) is 14.3 Å². The second-order valence-electron chi connectivity index (χ2n) is 4.13. The lowest BCUT2D eigenvalue weighted by atomic mass is 10.1. The van der Waals surface area contributed by atoms with Crippen LogP contribution in [0.15, 0.2) is 42.6 Å². The summed E-state index contributed by atoms with van der Waals surface area (Å²) in [5.41, 5.74) is 1.81. The fourth-order valence-electron chi connectivity index (χ4n) is 2.06. The van der Waals surface area contributed by atoms with Crippen LogP contribution < -0.4 is 4.74 Å². The quantitative estimate of drug-likeness (QED) is 0.788. The molecule has 0 saturated heterocycles. The first-order chi connectivity index (χ1) is 9.70. The van der Waals surface area contributed by atoms with E-state index in [9.17, 15) is 9.90 Å². The van der Waals surface area contributed by atoms with Crippen LogP contribution in [0.4, 0.5) is 0 Å². The molecule has 1 aromatic carbocycles. The highest BCUT2D eigenvalue weighted by atomic mass is 16.5. The number of nitrogens with zero attached hydrogens (tertiary/aromatic N) is 3. The van der Waals surface area contributed by atoms with Crippen molar-refractivity contribution in [2.75, 3.05) is 7.11 Å². The van der Waals surface area contributed by atoms with Crippen LogP contribution in [-0.2, 0) is 0 Å². The van der Waals surface area contributed by atoms with Crippen molar-refractivity contribution in [2.24, 2.45) is 0 Å². The molecule has 0 unspecified atom stereocenters. The first-order valence-electron chi connectivity index (χ1n) is 5.92. The Hall–Kier alpha value is -2.89. The number of aromatic nitrogens is 3.